The van der Waals surface area contributed by atoms with Crippen LogP contribution in [0, 0.1) is 0 Å². The molecule has 1 aromatic heterocycles. The maximum absolute atomic E-state index is 3.96. The third-order valence-corrected chi connectivity index (χ3v) is 1.41. The molecule has 0 atom stereocenters. The molecule has 3 heteroatoms. The van der Waals surface area contributed by atoms with Crippen molar-refractivity contribution in [3.05, 3.63) is 30.2 Å². The third-order valence-electron chi connectivity index (χ3n) is 1.41. The summed E-state index contributed by atoms with van der Waals surface area (Å²) in [5.41, 5.74) is 8.01. The summed E-state index contributed by atoms with van der Waals surface area (Å²) in [5, 5.41) is 0. The fourth-order valence-electron chi connectivity index (χ4n) is 0.906. The van der Waals surface area contributed by atoms with Crippen molar-refractivity contribution in [1.29, 1.82) is 0 Å². The number of rotatable bonds is 0. The van der Waals surface area contributed by atoms with Crippen molar-refractivity contribution in [3.8, 4) is 0 Å². The van der Waals surface area contributed by atoms with Gasteiger partial charge in [-0.3, -0.25) is 10.4 Å². The largest absolute Gasteiger partial charge is 0.308 e. The molecule has 0 amide bonds. The molecule has 2 N–H and O–H groups in total. The molecule has 12 heavy (non-hydrogen) atoms. The molecule has 0 spiro atoms. The van der Waals surface area contributed by atoms with E-state index < -0.39 is 0 Å². The minimum atomic E-state index is 1.02. The first-order chi connectivity index (χ1) is 5.97. The SMILES string of the molecule is C1=Cc2ccncc2NN1.CC. The number of aromatic nitrogens is 1. The van der Waals surface area contributed by atoms with Crippen molar-refractivity contribution >= 4 is 11.8 Å². The first-order valence-corrected chi connectivity index (χ1v) is 4.09. The van der Waals surface area contributed by atoms with E-state index in [-0.39, 0.29) is 0 Å². The standard InChI is InChI=1S/C7H7N3.C2H6/c1-3-8-5-7-6(1)2-4-9-10-7;1-2/h1-5,9-10H;1-2H3. The Bertz CT molecular complexity index is 268. The van der Waals surface area contributed by atoms with E-state index in [1.54, 1.807) is 12.4 Å². The van der Waals surface area contributed by atoms with Crippen LogP contribution >= 0.6 is 0 Å². The van der Waals surface area contributed by atoms with Gasteiger partial charge in [0.2, 0.25) is 0 Å². The molecular weight excluding hydrogens is 150 g/mol. The average molecular weight is 163 g/mol. The molecule has 2 rings (SSSR count). The van der Waals surface area contributed by atoms with Gasteiger partial charge in [0, 0.05) is 18.0 Å². The van der Waals surface area contributed by atoms with Crippen LogP contribution < -0.4 is 10.9 Å². The monoisotopic (exact) mass is 163 g/mol. The lowest BCUT2D eigenvalue weighted by Gasteiger charge is -2.12. The van der Waals surface area contributed by atoms with E-state index in [0.29, 0.717) is 0 Å². The number of pyridine rings is 1. The Balaban J connectivity index is 0.000000336. The second kappa shape index (κ2) is 4.38. The van der Waals surface area contributed by atoms with Gasteiger partial charge in [-0.05, 0) is 12.1 Å². The van der Waals surface area contributed by atoms with Crippen LogP contribution in [0.3, 0.4) is 0 Å². The number of nitrogens with zero attached hydrogens (tertiary/aromatic N) is 1. The molecule has 0 saturated carbocycles. The molecule has 1 aliphatic heterocycles. The highest BCUT2D eigenvalue weighted by molar-refractivity contribution is 5.67. The van der Waals surface area contributed by atoms with Gasteiger partial charge in [-0.1, -0.05) is 13.8 Å². The minimum Gasteiger partial charge on any atom is -0.308 e. The van der Waals surface area contributed by atoms with Gasteiger partial charge >= 0.3 is 0 Å². The van der Waals surface area contributed by atoms with E-state index >= 15 is 0 Å². The molecule has 64 valence electrons. The zero-order valence-electron chi connectivity index (χ0n) is 7.33. The Morgan fingerprint density at radius 2 is 2.17 bits per heavy atom. The maximum Gasteiger partial charge on any atom is 0.0795 e. The predicted molar refractivity (Wildman–Crippen MR) is 51.4 cm³/mol. The van der Waals surface area contributed by atoms with Gasteiger partial charge in [-0.2, -0.15) is 0 Å². The fourth-order valence-corrected chi connectivity index (χ4v) is 0.906. The number of hydrogen-bond donors (Lipinski definition) is 2. The number of hydrazine groups is 1. The average Bonchev–Trinajstić information content (AvgIpc) is 2.21. The van der Waals surface area contributed by atoms with Crippen molar-refractivity contribution in [1.82, 2.24) is 10.4 Å². The minimum absolute atomic E-state index is 1.02. The summed E-state index contributed by atoms with van der Waals surface area (Å²) in [5.74, 6) is 0. The molecule has 0 saturated heterocycles. The smallest absolute Gasteiger partial charge is 0.0795 e. The fraction of sp³-hybridized carbons (Fsp3) is 0.222. The van der Waals surface area contributed by atoms with Crippen molar-refractivity contribution in [2.75, 3.05) is 5.43 Å². The lowest BCUT2D eigenvalue weighted by molar-refractivity contribution is 1.04. The van der Waals surface area contributed by atoms with E-state index in [4.69, 9.17) is 0 Å². The summed E-state index contributed by atoms with van der Waals surface area (Å²) < 4.78 is 0. The quantitative estimate of drug-likeness (QED) is 0.614. The van der Waals surface area contributed by atoms with Crippen LogP contribution in [-0.4, -0.2) is 4.98 Å². The maximum atomic E-state index is 3.96. The summed E-state index contributed by atoms with van der Waals surface area (Å²) in [6.07, 6.45) is 7.40. The van der Waals surface area contributed by atoms with Gasteiger partial charge in [0.25, 0.3) is 0 Å². The zero-order chi connectivity index (χ0) is 8.81. The summed E-state index contributed by atoms with van der Waals surface area (Å²) in [4.78, 5) is 3.96. The number of nitrogens with one attached hydrogen (secondary N) is 2. The topological polar surface area (TPSA) is 37.0 Å². The number of anilines is 1. The van der Waals surface area contributed by atoms with E-state index in [9.17, 15) is 0 Å². The van der Waals surface area contributed by atoms with Crippen molar-refractivity contribution in [3.63, 3.8) is 0 Å². The van der Waals surface area contributed by atoms with Crippen LogP contribution in [0.2, 0.25) is 0 Å². The van der Waals surface area contributed by atoms with Gasteiger partial charge in [0.1, 0.15) is 0 Å². The van der Waals surface area contributed by atoms with Crippen LogP contribution in [-0.2, 0) is 0 Å². The number of hydrogen-bond acceptors (Lipinski definition) is 3. The normalized spacial score (nSPS) is 11.5. The van der Waals surface area contributed by atoms with Gasteiger partial charge in [0.15, 0.2) is 0 Å². The van der Waals surface area contributed by atoms with E-state index in [1.807, 2.05) is 32.2 Å². The highest BCUT2D eigenvalue weighted by Gasteiger charge is 1.99. The Morgan fingerprint density at radius 3 is 2.92 bits per heavy atom. The van der Waals surface area contributed by atoms with Gasteiger partial charge in [-0.15, -0.1) is 0 Å². The molecular formula is C9H13N3. The Labute approximate surface area is 72.5 Å². The molecule has 1 aromatic rings. The van der Waals surface area contributed by atoms with Gasteiger partial charge < -0.3 is 5.43 Å². The molecule has 0 radical (unpaired) electrons. The van der Waals surface area contributed by atoms with Gasteiger partial charge in [-0.25, -0.2) is 0 Å². The Kier molecular flexibility index (Phi) is 3.14. The highest BCUT2D eigenvalue weighted by atomic mass is 15.3. The van der Waals surface area contributed by atoms with E-state index in [2.05, 4.69) is 15.8 Å². The Hall–Kier alpha value is -1.51. The van der Waals surface area contributed by atoms with Crippen molar-refractivity contribution in [2.45, 2.75) is 13.8 Å². The number of fused-ring (bicyclic) bond motifs is 1. The zero-order valence-corrected chi connectivity index (χ0v) is 7.33. The molecule has 2 heterocycles. The lowest BCUT2D eigenvalue weighted by atomic mass is 10.2. The molecule has 0 fully saturated rings. The lowest BCUT2D eigenvalue weighted by Crippen LogP contribution is -2.17. The van der Waals surface area contributed by atoms with E-state index in [0.717, 1.165) is 11.3 Å². The van der Waals surface area contributed by atoms with Crippen LogP contribution in [0.4, 0.5) is 5.69 Å². The molecule has 0 aliphatic carbocycles. The van der Waals surface area contributed by atoms with Crippen LogP contribution in [0.15, 0.2) is 24.7 Å². The van der Waals surface area contributed by atoms with Crippen LogP contribution in [0.1, 0.15) is 19.4 Å². The second-order valence-corrected chi connectivity index (χ2v) is 2.07. The summed E-state index contributed by atoms with van der Waals surface area (Å²) >= 11 is 0. The molecule has 0 bridgehead atoms. The van der Waals surface area contributed by atoms with Crippen molar-refractivity contribution < 1.29 is 0 Å². The summed E-state index contributed by atoms with van der Waals surface area (Å²) in [6, 6.07) is 1.96. The Morgan fingerprint density at radius 1 is 1.33 bits per heavy atom. The van der Waals surface area contributed by atoms with Crippen molar-refractivity contribution in [2.24, 2.45) is 0 Å². The van der Waals surface area contributed by atoms with E-state index in [1.165, 1.54) is 0 Å². The second-order valence-electron chi connectivity index (χ2n) is 2.07. The first-order valence-electron chi connectivity index (χ1n) is 4.09. The molecule has 0 aromatic carbocycles. The molecule has 1 aliphatic rings. The molecule has 0 unspecified atom stereocenters. The first kappa shape index (κ1) is 8.59. The highest BCUT2D eigenvalue weighted by Crippen LogP contribution is 2.15. The predicted octanol–water partition coefficient (Wildman–Crippen LogP) is 2.01. The van der Waals surface area contributed by atoms with Crippen LogP contribution in [0.25, 0.3) is 6.08 Å². The van der Waals surface area contributed by atoms with Crippen LogP contribution in [0.5, 0.6) is 0 Å². The van der Waals surface area contributed by atoms with Gasteiger partial charge in [0.05, 0.1) is 11.9 Å². The molecule has 3 nitrogen and oxygen atoms in total. The summed E-state index contributed by atoms with van der Waals surface area (Å²) in [6.45, 7) is 4.00. The summed E-state index contributed by atoms with van der Waals surface area (Å²) in [7, 11) is 0. The third kappa shape index (κ3) is 1.75.